The number of rotatable bonds is 6. The third-order valence-corrected chi connectivity index (χ3v) is 5.74. The molecule has 0 saturated carbocycles. The lowest BCUT2D eigenvalue weighted by Crippen LogP contribution is -2.23. The lowest BCUT2D eigenvalue weighted by Gasteiger charge is -2.12. The Labute approximate surface area is 173 Å². The molecule has 1 aliphatic heterocycles. The molecule has 0 saturated heterocycles. The van der Waals surface area contributed by atoms with Crippen LogP contribution in [0.15, 0.2) is 65.7 Å². The van der Waals surface area contributed by atoms with Crippen LogP contribution in [0.2, 0.25) is 0 Å². The van der Waals surface area contributed by atoms with Crippen LogP contribution in [0.1, 0.15) is 12.0 Å². The second kappa shape index (κ2) is 8.68. The van der Waals surface area contributed by atoms with E-state index in [0.717, 1.165) is 6.42 Å². The summed E-state index contributed by atoms with van der Waals surface area (Å²) in [6, 6.07) is 13.4. The van der Waals surface area contributed by atoms with Gasteiger partial charge in [0.1, 0.15) is 11.6 Å². The van der Waals surface area contributed by atoms with E-state index in [4.69, 9.17) is 14.2 Å². The minimum absolute atomic E-state index is 0.0586. The Balaban J connectivity index is 1.51. The lowest BCUT2D eigenvalue weighted by molar-refractivity contribution is 0.297. The highest BCUT2D eigenvalue weighted by atomic mass is 32.2. The molecule has 7 nitrogen and oxygen atoms in total. The average molecular weight is 430 g/mol. The molecule has 1 aromatic heterocycles. The van der Waals surface area contributed by atoms with Crippen molar-refractivity contribution < 1.29 is 27.0 Å². The summed E-state index contributed by atoms with van der Waals surface area (Å²) in [4.78, 5) is 4.19. The van der Waals surface area contributed by atoms with E-state index in [1.54, 1.807) is 24.3 Å². The molecule has 0 fully saturated rings. The summed E-state index contributed by atoms with van der Waals surface area (Å²) in [5, 5.41) is 0. The molecule has 2 heterocycles. The van der Waals surface area contributed by atoms with Crippen molar-refractivity contribution in [2.24, 2.45) is 0 Å². The summed E-state index contributed by atoms with van der Waals surface area (Å²) in [6.45, 7) is 0.919. The van der Waals surface area contributed by atoms with Gasteiger partial charge in [0.2, 0.25) is 15.9 Å². The molecule has 0 spiro atoms. The van der Waals surface area contributed by atoms with E-state index < -0.39 is 15.8 Å². The van der Waals surface area contributed by atoms with Crippen LogP contribution in [-0.2, 0) is 16.6 Å². The molecule has 1 aliphatic rings. The van der Waals surface area contributed by atoms with E-state index in [1.807, 2.05) is 0 Å². The van der Waals surface area contributed by atoms with Gasteiger partial charge in [0.05, 0.1) is 18.1 Å². The second-order valence-corrected chi connectivity index (χ2v) is 8.28. The Kier molecular flexibility index (Phi) is 5.82. The molecular weight excluding hydrogens is 411 g/mol. The standard InChI is InChI=1S/C21H19FN2O5S/c22-16-5-1-6-17(12-16)29-21-15(4-2-9-23-21)14-24-30(25,26)18-7-8-19-20(13-18)28-11-3-10-27-19/h1-2,4-9,12-13,24H,3,10-11,14H2. The minimum atomic E-state index is -3.83. The van der Waals surface area contributed by atoms with Crippen molar-refractivity contribution in [1.29, 1.82) is 0 Å². The van der Waals surface area contributed by atoms with Gasteiger partial charge in [0.15, 0.2) is 11.5 Å². The maximum atomic E-state index is 13.4. The summed E-state index contributed by atoms with van der Waals surface area (Å²) < 4.78 is 58.2. The highest BCUT2D eigenvalue weighted by Gasteiger charge is 2.19. The summed E-state index contributed by atoms with van der Waals surface area (Å²) in [7, 11) is -3.83. The van der Waals surface area contributed by atoms with Crippen molar-refractivity contribution in [3.63, 3.8) is 0 Å². The van der Waals surface area contributed by atoms with Crippen LogP contribution < -0.4 is 18.9 Å². The molecule has 0 amide bonds. The minimum Gasteiger partial charge on any atom is -0.490 e. The van der Waals surface area contributed by atoms with Crippen molar-refractivity contribution in [3.8, 4) is 23.1 Å². The van der Waals surface area contributed by atoms with Crippen LogP contribution in [0, 0.1) is 5.82 Å². The summed E-state index contributed by atoms with van der Waals surface area (Å²) in [5.74, 6) is 0.918. The lowest BCUT2D eigenvalue weighted by atomic mass is 10.3. The van der Waals surface area contributed by atoms with Gasteiger partial charge >= 0.3 is 0 Å². The van der Waals surface area contributed by atoms with Crippen molar-refractivity contribution in [2.75, 3.05) is 13.2 Å². The van der Waals surface area contributed by atoms with Crippen LogP contribution >= 0.6 is 0 Å². The molecule has 0 bridgehead atoms. The van der Waals surface area contributed by atoms with Crippen LogP contribution in [0.5, 0.6) is 23.1 Å². The number of benzene rings is 2. The van der Waals surface area contributed by atoms with Gasteiger partial charge in [-0.2, -0.15) is 0 Å². The maximum absolute atomic E-state index is 13.4. The number of halogens is 1. The third kappa shape index (κ3) is 4.69. The molecule has 0 unspecified atom stereocenters. The normalized spacial score (nSPS) is 13.5. The molecule has 4 rings (SSSR count). The first-order chi connectivity index (χ1) is 14.5. The first-order valence-corrected chi connectivity index (χ1v) is 10.8. The van der Waals surface area contributed by atoms with Gasteiger partial charge in [-0.25, -0.2) is 22.5 Å². The van der Waals surface area contributed by atoms with Gasteiger partial charge < -0.3 is 14.2 Å². The zero-order valence-electron chi connectivity index (χ0n) is 15.9. The molecule has 2 aromatic carbocycles. The Morgan fingerprint density at radius 3 is 2.70 bits per heavy atom. The summed E-state index contributed by atoms with van der Waals surface area (Å²) >= 11 is 0. The maximum Gasteiger partial charge on any atom is 0.241 e. The van der Waals surface area contributed by atoms with Crippen LogP contribution in [-0.4, -0.2) is 26.6 Å². The Hall–Kier alpha value is -3.17. The van der Waals surface area contributed by atoms with Crippen molar-refractivity contribution in [2.45, 2.75) is 17.9 Å². The number of fused-ring (bicyclic) bond motifs is 1. The smallest absolute Gasteiger partial charge is 0.241 e. The first kappa shape index (κ1) is 20.1. The second-order valence-electron chi connectivity index (χ2n) is 6.51. The number of nitrogens with one attached hydrogen (secondary N) is 1. The van der Waals surface area contributed by atoms with Gasteiger partial charge in [-0.15, -0.1) is 0 Å². The number of hydrogen-bond acceptors (Lipinski definition) is 6. The molecule has 0 aliphatic carbocycles. The number of pyridine rings is 1. The van der Waals surface area contributed by atoms with Crippen LogP contribution in [0.3, 0.4) is 0 Å². The predicted molar refractivity (Wildman–Crippen MR) is 107 cm³/mol. The molecule has 0 radical (unpaired) electrons. The first-order valence-electron chi connectivity index (χ1n) is 9.28. The average Bonchev–Trinajstić information content (AvgIpc) is 2.98. The van der Waals surface area contributed by atoms with E-state index in [2.05, 4.69) is 9.71 Å². The van der Waals surface area contributed by atoms with Gasteiger partial charge in [0, 0.05) is 36.9 Å². The summed E-state index contributed by atoms with van der Waals surface area (Å²) in [5.41, 5.74) is 0.500. The number of nitrogens with zero attached hydrogens (tertiary/aromatic N) is 1. The van der Waals surface area contributed by atoms with Gasteiger partial charge in [-0.3, -0.25) is 0 Å². The zero-order chi connectivity index (χ0) is 21.0. The quantitative estimate of drug-likeness (QED) is 0.642. The van der Waals surface area contributed by atoms with E-state index in [-0.39, 0.29) is 23.1 Å². The molecule has 156 valence electrons. The summed E-state index contributed by atoms with van der Waals surface area (Å²) in [6.07, 6.45) is 2.24. The van der Waals surface area contributed by atoms with Crippen molar-refractivity contribution >= 4 is 10.0 Å². The molecule has 0 atom stereocenters. The Morgan fingerprint density at radius 2 is 1.87 bits per heavy atom. The molecule has 30 heavy (non-hydrogen) atoms. The number of aromatic nitrogens is 1. The van der Waals surface area contributed by atoms with E-state index in [0.29, 0.717) is 30.3 Å². The number of hydrogen-bond donors (Lipinski definition) is 1. The fourth-order valence-corrected chi connectivity index (χ4v) is 3.88. The largest absolute Gasteiger partial charge is 0.490 e. The monoisotopic (exact) mass is 430 g/mol. The highest BCUT2D eigenvalue weighted by molar-refractivity contribution is 7.89. The number of sulfonamides is 1. The molecule has 3 aromatic rings. The van der Waals surface area contributed by atoms with E-state index in [1.165, 1.54) is 36.5 Å². The highest BCUT2D eigenvalue weighted by Crippen LogP contribution is 2.32. The number of ether oxygens (including phenoxy) is 3. The third-order valence-electron chi connectivity index (χ3n) is 4.34. The van der Waals surface area contributed by atoms with Crippen LogP contribution in [0.4, 0.5) is 4.39 Å². The molecule has 9 heteroatoms. The molecule has 1 N–H and O–H groups in total. The topological polar surface area (TPSA) is 86.8 Å². The SMILES string of the molecule is O=S(=O)(NCc1cccnc1Oc1cccc(F)c1)c1ccc2c(c1)OCCCO2. The van der Waals surface area contributed by atoms with Gasteiger partial charge in [-0.05, 0) is 30.3 Å². The molecular formula is C21H19FN2O5S. The van der Waals surface area contributed by atoms with E-state index >= 15 is 0 Å². The fourth-order valence-electron chi connectivity index (χ4n) is 2.86. The van der Waals surface area contributed by atoms with Gasteiger partial charge in [-0.1, -0.05) is 12.1 Å². The van der Waals surface area contributed by atoms with Crippen molar-refractivity contribution in [3.05, 3.63) is 72.2 Å². The predicted octanol–water partition coefficient (Wildman–Crippen LogP) is 3.65. The zero-order valence-corrected chi connectivity index (χ0v) is 16.7. The van der Waals surface area contributed by atoms with Crippen LogP contribution in [0.25, 0.3) is 0 Å². The Bertz CT molecular complexity index is 1150. The fraction of sp³-hybridized carbons (Fsp3) is 0.190. The van der Waals surface area contributed by atoms with Gasteiger partial charge in [0.25, 0.3) is 0 Å². The van der Waals surface area contributed by atoms with Crippen molar-refractivity contribution in [1.82, 2.24) is 9.71 Å². The Morgan fingerprint density at radius 1 is 1.03 bits per heavy atom. The van der Waals surface area contributed by atoms with E-state index in [9.17, 15) is 12.8 Å².